The molecule has 2 heterocycles. The molecular weight excluding hydrogens is 326 g/mol. The van der Waals surface area contributed by atoms with Gasteiger partial charge in [0, 0.05) is 17.7 Å². The quantitative estimate of drug-likeness (QED) is 0.787. The first-order valence-electron chi connectivity index (χ1n) is 8.67. The smallest absolute Gasteiger partial charge is 0.159 e. The standard InChI is InChI=1S/C20H21N5O/c1-13-3-5-15(6-4-13)20-17-11-16(26-10-9-21)7-8-18(17)25-14(2)23-24-19(25)12-22-20/h3-8,11H,9-10,12,21H2,1-2H3. The zero-order chi connectivity index (χ0) is 18.1. The molecule has 0 amide bonds. The molecule has 3 aromatic rings. The van der Waals surface area contributed by atoms with E-state index >= 15 is 0 Å². The van der Waals surface area contributed by atoms with Crippen molar-refractivity contribution in [3.8, 4) is 11.4 Å². The lowest BCUT2D eigenvalue weighted by Gasteiger charge is -2.15. The van der Waals surface area contributed by atoms with Crippen LogP contribution in [0.1, 0.15) is 28.3 Å². The fourth-order valence-electron chi connectivity index (χ4n) is 3.18. The van der Waals surface area contributed by atoms with E-state index in [-0.39, 0.29) is 0 Å². The highest BCUT2D eigenvalue weighted by Gasteiger charge is 2.22. The SMILES string of the molecule is Cc1ccc(C2=NCc3nnc(C)n3-c3ccc(OCCN)cc32)cc1. The fourth-order valence-corrected chi connectivity index (χ4v) is 3.18. The van der Waals surface area contributed by atoms with Gasteiger partial charge in [-0.1, -0.05) is 29.8 Å². The molecule has 6 heteroatoms. The number of nitrogens with zero attached hydrogens (tertiary/aromatic N) is 4. The maximum Gasteiger partial charge on any atom is 0.159 e. The number of nitrogens with two attached hydrogens (primary N) is 1. The second kappa shape index (κ2) is 6.72. The molecule has 26 heavy (non-hydrogen) atoms. The molecule has 1 aliphatic rings. The Hall–Kier alpha value is -2.99. The summed E-state index contributed by atoms with van der Waals surface area (Å²) in [7, 11) is 0. The predicted octanol–water partition coefficient (Wildman–Crippen LogP) is 2.57. The third kappa shape index (κ3) is 2.88. The normalized spacial score (nSPS) is 12.8. The molecule has 1 aromatic heterocycles. The Morgan fingerprint density at radius 3 is 2.65 bits per heavy atom. The van der Waals surface area contributed by atoms with Gasteiger partial charge in [-0.05, 0) is 32.0 Å². The van der Waals surface area contributed by atoms with Gasteiger partial charge in [-0.2, -0.15) is 0 Å². The van der Waals surface area contributed by atoms with Crippen molar-refractivity contribution < 1.29 is 4.74 Å². The molecule has 0 spiro atoms. The molecule has 4 rings (SSSR count). The third-order valence-electron chi connectivity index (χ3n) is 4.45. The van der Waals surface area contributed by atoms with E-state index in [1.165, 1.54) is 5.56 Å². The summed E-state index contributed by atoms with van der Waals surface area (Å²) in [5.74, 6) is 2.46. The van der Waals surface area contributed by atoms with E-state index in [1.807, 2.05) is 25.1 Å². The van der Waals surface area contributed by atoms with Gasteiger partial charge in [0.05, 0.1) is 11.4 Å². The maximum atomic E-state index is 5.74. The lowest BCUT2D eigenvalue weighted by molar-refractivity contribution is 0.328. The van der Waals surface area contributed by atoms with Gasteiger partial charge in [-0.3, -0.25) is 9.56 Å². The Morgan fingerprint density at radius 2 is 1.88 bits per heavy atom. The predicted molar refractivity (Wildman–Crippen MR) is 101 cm³/mol. The van der Waals surface area contributed by atoms with E-state index in [2.05, 4.69) is 46.0 Å². The van der Waals surface area contributed by atoms with Crippen LogP contribution in [0.4, 0.5) is 0 Å². The highest BCUT2D eigenvalue weighted by Crippen LogP contribution is 2.29. The first-order chi connectivity index (χ1) is 12.7. The molecule has 0 aliphatic carbocycles. The minimum Gasteiger partial charge on any atom is -0.492 e. The number of ether oxygens (including phenoxy) is 1. The van der Waals surface area contributed by atoms with Gasteiger partial charge < -0.3 is 10.5 Å². The number of aromatic nitrogens is 3. The number of aliphatic imine (C=N–C) groups is 1. The lowest BCUT2D eigenvalue weighted by Crippen LogP contribution is -2.12. The van der Waals surface area contributed by atoms with E-state index in [4.69, 9.17) is 15.5 Å². The monoisotopic (exact) mass is 347 g/mol. The van der Waals surface area contributed by atoms with Crippen LogP contribution in [0.5, 0.6) is 5.75 Å². The maximum absolute atomic E-state index is 5.74. The number of benzene rings is 2. The molecule has 6 nitrogen and oxygen atoms in total. The van der Waals surface area contributed by atoms with Crippen molar-refractivity contribution in [3.05, 3.63) is 70.8 Å². The van der Waals surface area contributed by atoms with Crippen molar-refractivity contribution in [1.82, 2.24) is 14.8 Å². The van der Waals surface area contributed by atoms with Crippen molar-refractivity contribution >= 4 is 5.71 Å². The van der Waals surface area contributed by atoms with Gasteiger partial charge in [0.1, 0.15) is 24.7 Å². The minimum atomic E-state index is 0.477. The van der Waals surface area contributed by atoms with Crippen molar-refractivity contribution in [2.24, 2.45) is 10.7 Å². The first-order valence-corrected chi connectivity index (χ1v) is 8.67. The van der Waals surface area contributed by atoms with Crippen LogP contribution in [0, 0.1) is 13.8 Å². The van der Waals surface area contributed by atoms with E-state index in [0.29, 0.717) is 19.7 Å². The van der Waals surface area contributed by atoms with Crippen LogP contribution < -0.4 is 10.5 Å². The summed E-state index contributed by atoms with van der Waals surface area (Å²) in [5.41, 5.74) is 10.8. The average molecular weight is 347 g/mol. The van der Waals surface area contributed by atoms with Gasteiger partial charge >= 0.3 is 0 Å². The van der Waals surface area contributed by atoms with Crippen LogP contribution >= 0.6 is 0 Å². The summed E-state index contributed by atoms with van der Waals surface area (Å²) in [5, 5.41) is 8.50. The Morgan fingerprint density at radius 1 is 1.08 bits per heavy atom. The Labute approximate surface area is 152 Å². The molecule has 0 saturated heterocycles. The van der Waals surface area contributed by atoms with Crippen LogP contribution in [0.15, 0.2) is 47.5 Å². The van der Waals surface area contributed by atoms with Crippen molar-refractivity contribution in [2.45, 2.75) is 20.4 Å². The first kappa shape index (κ1) is 16.5. The van der Waals surface area contributed by atoms with Crippen molar-refractivity contribution in [3.63, 3.8) is 0 Å². The van der Waals surface area contributed by atoms with E-state index in [1.54, 1.807) is 0 Å². The van der Waals surface area contributed by atoms with E-state index < -0.39 is 0 Å². The molecule has 0 atom stereocenters. The largest absolute Gasteiger partial charge is 0.492 e. The summed E-state index contributed by atoms with van der Waals surface area (Å²) in [6.45, 7) is 5.47. The zero-order valence-electron chi connectivity index (χ0n) is 14.9. The molecule has 2 N–H and O–H groups in total. The summed E-state index contributed by atoms with van der Waals surface area (Å²) in [4.78, 5) is 4.85. The van der Waals surface area contributed by atoms with E-state index in [9.17, 15) is 0 Å². The molecule has 0 bridgehead atoms. The Kier molecular flexibility index (Phi) is 4.26. The van der Waals surface area contributed by atoms with Gasteiger partial charge in [0.15, 0.2) is 5.82 Å². The summed E-state index contributed by atoms with van der Waals surface area (Å²) in [6, 6.07) is 14.4. The topological polar surface area (TPSA) is 78.3 Å². The van der Waals surface area contributed by atoms with Crippen LogP contribution in [0.2, 0.25) is 0 Å². The van der Waals surface area contributed by atoms with Gasteiger partial charge in [0.25, 0.3) is 0 Å². The molecule has 1 aliphatic heterocycles. The minimum absolute atomic E-state index is 0.477. The Bertz CT molecular complexity index is 972. The van der Waals surface area contributed by atoms with Crippen LogP contribution in [0.3, 0.4) is 0 Å². The average Bonchev–Trinajstić information content (AvgIpc) is 2.93. The lowest BCUT2D eigenvalue weighted by atomic mass is 9.99. The fraction of sp³-hybridized carbons (Fsp3) is 0.250. The number of hydrogen-bond donors (Lipinski definition) is 1. The second-order valence-electron chi connectivity index (χ2n) is 6.35. The molecule has 0 radical (unpaired) electrons. The van der Waals surface area contributed by atoms with Crippen LogP contribution in [-0.2, 0) is 6.54 Å². The van der Waals surface area contributed by atoms with Gasteiger partial charge in [0.2, 0.25) is 0 Å². The third-order valence-corrected chi connectivity index (χ3v) is 4.45. The molecular formula is C20H21N5O. The number of aryl methyl sites for hydroxylation is 2. The molecule has 132 valence electrons. The van der Waals surface area contributed by atoms with Crippen LogP contribution in [0.25, 0.3) is 5.69 Å². The van der Waals surface area contributed by atoms with Crippen molar-refractivity contribution in [1.29, 1.82) is 0 Å². The van der Waals surface area contributed by atoms with Gasteiger partial charge in [-0.15, -0.1) is 10.2 Å². The number of fused-ring (bicyclic) bond motifs is 3. The number of hydrogen-bond acceptors (Lipinski definition) is 5. The highest BCUT2D eigenvalue weighted by atomic mass is 16.5. The highest BCUT2D eigenvalue weighted by molar-refractivity contribution is 6.15. The zero-order valence-corrected chi connectivity index (χ0v) is 14.9. The van der Waals surface area contributed by atoms with E-state index in [0.717, 1.165) is 39.9 Å². The number of rotatable bonds is 4. The summed E-state index contributed by atoms with van der Waals surface area (Å²) >= 11 is 0. The molecule has 0 fully saturated rings. The molecule has 2 aromatic carbocycles. The molecule has 0 saturated carbocycles. The second-order valence-corrected chi connectivity index (χ2v) is 6.35. The summed E-state index contributed by atoms with van der Waals surface area (Å²) < 4.78 is 7.81. The van der Waals surface area contributed by atoms with Gasteiger partial charge in [-0.25, -0.2) is 0 Å². The van der Waals surface area contributed by atoms with Crippen LogP contribution in [-0.4, -0.2) is 33.6 Å². The Balaban J connectivity index is 1.89. The summed E-state index contributed by atoms with van der Waals surface area (Å²) in [6.07, 6.45) is 0. The van der Waals surface area contributed by atoms with Crippen molar-refractivity contribution in [2.75, 3.05) is 13.2 Å². The molecule has 0 unspecified atom stereocenters.